The van der Waals surface area contributed by atoms with Crippen molar-refractivity contribution in [1.29, 1.82) is 0 Å². The molecule has 0 aliphatic heterocycles. The van der Waals surface area contributed by atoms with E-state index in [2.05, 4.69) is 224 Å². The van der Waals surface area contributed by atoms with E-state index in [-0.39, 0.29) is 11.1 Å². The maximum Gasteiger partial charge on any atom is 0.227 e. The third kappa shape index (κ3) is 17.3. The van der Waals surface area contributed by atoms with Crippen LogP contribution in [0.3, 0.4) is 0 Å². The zero-order valence-corrected chi connectivity index (χ0v) is 80.1. The minimum atomic E-state index is -2.36. The molecular formula is C124H114N9O4+5. The van der Waals surface area contributed by atoms with Gasteiger partial charge in [0.2, 0.25) is 51.3 Å². The third-order valence-electron chi connectivity index (χ3n) is 26.3. The van der Waals surface area contributed by atoms with Crippen LogP contribution in [0.2, 0.25) is 0 Å². The molecule has 137 heavy (non-hydrogen) atoms. The van der Waals surface area contributed by atoms with Crippen LogP contribution in [-0.4, -0.2) is 19.9 Å². The molecule has 13 aromatic heterocycles. The molecule has 0 N–H and O–H groups in total. The van der Waals surface area contributed by atoms with E-state index >= 15 is 0 Å². The van der Waals surface area contributed by atoms with E-state index in [0.29, 0.717) is 89.3 Å². The molecule has 674 valence electrons. The Kier molecular flexibility index (Phi) is 20.7. The van der Waals surface area contributed by atoms with E-state index in [0.717, 1.165) is 128 Å². The van der Waals surface area contributed by atoms with E-state index in [4.69, 9.17) is 34.1 Å². The summed E-state index contributed by atoms with van der Waals surface area (Å²) in [6, 6.07) is 92.9. The molecule has 0 atom stereocenters. The van der Waals surface area contributed by atoms with Crippen molar-refractivity contribution in [2.24, 2.45) is 35.2 Å². The topological polar surface area (TPSA) is 124 Å². The first-order valence-corrected chi connectivity index (χ1v) is 46.0. The van der Waals surface area contributed by atoms with Crippen molar-refractivity contribution in [2.45, 2.75) is 110 Å². The Morgan fingerprint density at radius 2 is 0.599 bits per heavy atom. The van der Waals surface area contributed by atoms with E-state index in [9.17, 15) is 0 Å². The number of pyridine rings is 9. The Hall–Kier alpha value is -16.0. The van der Waals surface area contributed by atoms with Gasteiger partial charge in [0.05, 0.1) is 33.2 Å². The molecule has 0 aliphatic rings. The number of furan rings is 4. The lowest BCUT2D eigenvalue weighted by Gasteiger charge is -2.11. The number of benzene rings is 10. The van der Waals surface area contributed by atoms with Crippen LogP contribution in [0.5, 0.6) is 0 Å². The number of aryl methyl sites for hydroxylation is 20. The summed E-state index contributed by atoms with van der Waals surface area (Å²) < 4.78 is 133. The van der Waals surface area contributed by atoms with Gasteiger partial charge in [0, 0.05) is 135 Å². The molecule has 0 amide bonds. The van der Waals surface area contributed by atoms with Crippen molar-refractivity contribution < 1.29 is 57.0 Å². The second-order valence-electron chi connectivity index (χ2n) is 36.1. The molecule has 0 saturated heterocycles. The average Bonchev–Trinajstić information content (AvgIpc) is 1.60. The first kappa shape index (κ1) is 76.4. The molecule has 0 saturated carbocycles. The lowest BCUT2D eigenvalue weighted by Crippen LogP contribution is -2.31. The summed E-state index contributed by atoms with van der Waals surface area (Å²) in [5, 5.41) is 9.20. The van der Waals surface area contributed by atoms with Gasteiger partial charge in [0.1, 0.15) is 35.2 Å². The van der Waals surface area contributed by atoms with Gasteiger partial charge in [-0.3, -0.25) is 0 Å². The van der Waals surface area contributed by atoms with E-state index in [1.165, 1.54) is 61.0 Å². The first-order valence-electron chi connectivity index (χ1n) is 52.0. The maximum absolute atomic E-state index is 8.17. The number of nitrogens with zero attached hydrogens (tertiary/aromatic N) is 9. The van der Waals surface area contributed by atoms with E-state index in [1.807, 2.05) is 211 Å². The molecule has 0 aliphatic carbocycles. The summed E-state index contributed by atoms with van der Waals surface area (Å²) in [5.41, 5.74) is 35.8. The lowest BCUT2D eigenvalue weighted by molar-refractivity contribution is -0.660. The Bertz CT molecular complexity index is 9230. The zero-order valence-electron chi connectivity index (χ0n) is 92.1. The smallest absolute Gasteiger partial charge is 0.227 e. The normalized spacial score (nSPS) is 13.1. The minimum Gasteiger partial charge on any atom is -0.437 e. The predicted octanol–water partition coefficient (Wildman–Crippen LogP) is 28.8. The summed E-state index contributed by atoms with van der Waals surface area (Å²) in [5.74, 6) is 0. The molecule has 23 rings (SSSR count). The number of hydrogen-bond donors (Lipinski definition) is 0. The van der Waals surface area contributed by atoms with Gasteiger partial charge >= 0.3 is 0 Å². The van der Waals surface area contributed by atoms with E-state index in [1.54, 1.807) is 36.1 Å². The van der Waals surface area contributed by atoms with Crippen LogP contribution in [0.15, 0.2) is 328 Å². The Balaban J connectivity index is 0.000000118. The van der Waals surface area contributed by atoms with Crippen molar-refractivity contribution in [3.05, 3.63) is 400 Å². The summed E-state index contributed by atoms with van der Waals surface area (Å²) >= 11 is 0. The Morgan fingerprint density at radius 3 is 1.04 bits per heavy atom. The lowest BCUT2D eigenvalue weighted by atomic mass is 9.94. The fraction of sp³-hybridized carbons (Fsp3) is 0.169. The fourth-order valence-electron chi connectivity index (χ4n) is 19.2. The molecule has 13 heteroatoms. The highest BCUT2D eigenvalue weighted by Crippen LogP contribution is 2.45. The maximum atomic E-state index is 8.17. The van der Waals surface area contributed by atoms with Gasteiger partial charge in [0.15, 0.2) is 53.3 Å². The first-order chi connectivity index (χ1) is 70.9. The number of fused-ring (bicyclic) bond motifs is 13. The fourth-order valence-corrected chi connectivity index (χ4v) is 19.2. The van der Waals surface area contributed by atoms with Crippen LogP contribution in [0.25, 0.3) is 200 Å². The van der Waals surface area contributed by atoms with Gasteiger partial charge in [-0.15, -0.1) is 0 Å². The van der Waals surface area contributed by atoms with Crippen LogP contribution in [0.1, 0.15) is 106 Å². The second kappa shape index (κ2) is 37.1. The van der Waals surface area contributed by atoms with Crippen LogP contribution in [0, 0.1) is 110 Å². The summed E-state index contributed by atoms with van der Waals surface area (Å²) in [4.78, 5) is 18.2. The third-order valence-corrected chi connectivity index (χ3v) is 26.3. The van der Waals surface area contributed by atoms with Gasteiger partial charge < -0.3 is 17.7 Å². The molecule has 0 bridgehead atoms. The molecule has 0 unspecified atom stereocenters. The molecular weight excluding hydrogens is 1680 g/mol. The van der Waals surface area contributed by atoms with Gasteiger partial charge in [-0.1, -0.05) is 188 Å². The molecule has 0 fully saturated rings. The highest BCUT2D eigenvalue weighted by atomic mass is 16.4. The van der Waals surface area contributed by atoms with Crippen LogP contribution in [-0.2, 0) is 35.2 Å². The highest BCUT2D eigenvalue weighted by Gasteiger charge is 2.30. The van der Waals surface area contributed by atoms with Gasteiger partial charge in [-0.2, -0.15) is 0 Å². The largest absolute Gasteiger partial charge is 0.437 e. The Labute approximate surface area is 817 Å². The van der Waals surface area contributed by atoms with Crippen molar-refractivity contribution in [2.75, 3.05) is 0 Å². The molecule has 10 aromatic carbocycles. The van der Waals surface area contributed by atoms with E-state index < -0.39 is 27.4 Å². The summed E-state index contributed by atoms with van der Waals surface area (Å²) in [6.45, 7) is 15.2. The van der Waals surface area contributed by atoms with Crippen molar-refractivity contribution in [1.82, 2.24) is 19.9 Å². The van der Waals surface area contributed by atoms with Crippen molar-refractivity contribution in [3.8, 4) is 101 Å². The van der Waals surface area contributed by atoms with Crippen molar-refractivity contribution in [3.63, 3.8) is 0 Å². The molecule has 0 spiro atoms. The van der Waals surface area contributed by atoms with Gasteiger partial charge in [-0.05, 0) is 266 Å². The number of hydrogen-bond acceptors (Lipinski definition) is 8. The molecule has 23 aromatic rings. The number of aromatic nitrogens is 9. The van der Waals surface area contributed by atoms with Crippen LogP contribution in [0.4, 0.5) is 0 Å². The van der Waals surface area contributed by atoms with Crippen LogP contribution < -0.4 is 22.8 Å². The second-order valence-corrected chi connectivity index (χ2v) is 36.1. The standard InChI is InChI=1S/C27H25N2O.3C26H23N2O.C19H20N/c1-16-13-17(2)25(26-24(16)21-12-11-19(4)28-27(21)30-26)23-14-22(18(3)15-29(23)5)20-9-7-6-8-10-20;2*1-16-10-12-20-21-13-11-18(3)27-26(21)29-25(20)24(16)23-14-22(17(2)15-28(23)4)19-8-6-5-7-9-19;1-16-14-17(2)24(25-23(16)21-11-10-18(3)27-26(21)29-25)22-15-20(12-13-28(22)4)19-8-6-5-7-9-19;1-13-11-14(2)15(3)18(12-13)19-17-8-6-5-7-16(17)9-10-20(19)4/h6-15H,1-5H3;3*5-15H,1-4H3;5-12H,1-4H3/q5*+1/i1D3,3D3;2D3;;1D3;. The van der Waals surface area contributed by atoms with Crippen LogP contribution >= 0.6 is 0 Å². The zero-order chi connectivity index (χ0) is 106. The van der Waals surface area contributed by atoms with Gasteiger partial charge in [0.25, 0.3) is 0 Å². The quantitative estimate of drug-likeness (QED) is 0.131. The summed E-state index contributed by atoms with van der Waals surface area (Å²) in [6.07, 6.45) is 9.70. The summed E-state index contributed by atoms with van der Waals surface area (Å²) in [7, 11) is 9.87. The van der Waals surface area contributed by atoms with Crippen molar-refractivity contribution >= 4 is 99.0 Å². The highest BCUT2D eigenvalue weighted by molar-refractivity contribution is 6.14. The monoisotopic (exact) mass is 1800 g/mol. The molecule has 0 radical (unpaired) electrons. The molecule has 13 heterocycles. The number of rotatable bonds is 9. The predicted molar refractivity (Wildman–Crippen MR) is 561 cm³/mol. The SMILES string of the molecule is Cc1cc(C)c(C)c(-c2c3ccccc3cc[n+]2C)c1.Cc1ccc2c(n1)oc1c(-c3cc(-c4ccccc4)c(C)c[n+]3C)c(C)ccc12.[2H]C([2H])([2H])c1c[n+](C)c(-c2c(C)cc(C([2H])([2H])[2H])c3c2oc2nc(C)ccc23)cc1-c1ccccc1.[2H]C([2H])([2H])c1c[n+](C)c(-c2c(C)ccc3c2oc2nc(C)ccc23)cc1-c1ccccc1.[2H]C([2H])([2H])c1cc(C)c(-c2cc(-c3ccccc3)cc[n+]2C)c2oc3nc(C)ccc3c12. The average molecular weight is 1810 g/mol. The molecule has 13 nitrogen and oxygen atoms in total. The minimum absolute atomic E-state index is 0.202. The van der Waals surface area contributed by atoms with Gasteiger partial charge in [-0.25, -0.2) is 42.8 Å². The Morgan fingerprint density at radius 1 is 0.241 bits per heavy atom.